The lowest BCUT2D eigenvalue weighted by atomic mass is 9.81. The van der Waals surface area contributed by atoms with Crippen molar-refractivity contribution < 1.29 is 23.8 Å². The lowest BCUT2D eigenvalue weighted by Crippen LogP contribution is -2.28. The molecule has 0 fully saturated rings. The second-order valence-corrected chi connectivity index (χ2v) is 4.63. The van der Waals surface area contributed by atoms with E-state index in [1.807, 2.05) is 0 Å². The number of hydrogen-bond acceptors (Lipinski definition) is 3. The first-order valence-electron chi connectivity index (χ1n) is 5.38. The van der Waals surface area contributed by atoms with Crippen LogP contribution in [0.1, 0.15) is 30.6 Å². The number of Topliss-reactive ketones (excluding diaryl/α,β-unsaturated/α-hetero) is 1. The number of hydrogen-bond donors (Lipinski definition) is 1. The molecule has 1 aromatic rings. The molecule has 98 valence electrons. The van der Waals surface area contributed by atoms with Crippen molar-refractivity contribution in [3.05, 3.63) is 29.6 Å². The van der Waals surface area contributed by atoms with E-state index in [-0.39, 0.29) is 17.7 Å². The zero-order valence-electron chi connectivity index (χ0n) is 10.5. The fraction of sp³-hybridized carbons (Fsp3) is 0.385. The van der Waals surface area contributed by atoms with Crippen LogP contribution in [0.25, 0.3) is 0 Å². The van der Waals surface area contributed by atoms with Gasteiger partial charge in [0.25, 0.3) is 0 Å². The number of rotatable bonds is 5. The highest BCUT2D eigenvalue weighted by Crippen LogP contribution is 2.31. The van der Waals surface area contributed by atoms with Crippen molar-refractivity contribution in [2.45, 2.75) is 20.3 Å². The zero-order chi connectivity index (χ0) is 13.9. The van der Waals surface area contributed by atoms with Gasteiger partial charge in [-0.1, -0.05) is 13.8 Å². The number of carboxylic acids is 1. The zero-order valence-corrected chi connectivity index (χ0v) is 10.5. The van der Waals surface area contributed by atoms with Gasteiger partial charge in [-0.3, -0.25) is 9.59 Å². The molecule has 0 spiro atoms. The molecular formula is C13H15FO4. The molecule has 0 saturated heterocycles. The minimum Gasteiger partial charge on any atom is -0.496 e. The summed E-state index contributed by atoms with van der Waals surface area (Å²) in [6.07, 6.45) is -0.328. The molecule has 5 heteroatoms. The maximum absolute atomic E-state index is 13.2. The molecule has 0 radical (unpaired) electrons. The largest absolute Gasteiger partial charge is 0.496 e. The van der Waals surface area contributed by atoms with E-state index in [1.54, 1.807) is 0 Å². The van der Waals surface area contributed by atoms with Gasteiger partial charge in [0, 0.05) is 5.41 Å². The highest BCUT2D eigenvalue weighted by molar-refractivity contribution is 6.03. The minimum absolute atomic E-state index is 0.0590. The van der Waals surface area contributed by atoms with Gasteiger partial charge in [0.1, 0.15) is 11.6 Å². The van der Waals surface area contributed by atoms with E-state index in [0.717, 1.165) is 6.07 Å². The van der Waals surface area contributed by atoms with Crippen LogP contribution in [0.3, 0.4) is 0 Å². The number of methoxy groups -OCH3 is 1. The van der Waals surface area contributed by atoms with Gasteiger partial charge in [0.15, 0.2) is 5.78 Å². The highest BCUT2D eigenvalue weighted by atomic mass is 19.1. The van der Waals surface area contributed by atoms with Crippen LogP contribution >= 0.6 is 0 Å². The van der Waals surface area contributed by atoms with Gasteiger partial charge in [0.2, 0.25) is 0 Å². The van der Waals surface area contributed by atoms with Gasteiger partial charge in [-0.05, 0) is 18.2 Å². The number of benzene rings is 1. The number of carbonyl (C=O) groups is 2. The van der Waals surface area contributed by atoms with Crippen LogP contribution in [0.2, 0.25) is 0 Å². The third kappa shape index (κ3) is 3.06. The number of ketones is 1. The molecule has 4 nitrogen and oxygen atoms in total. The summed E-state index contributed by atoms with van der Waals surface area (Å²) in [5.74, 6) is -1.87. The molecule has 18 heavy (non-hydrogen) atoms. The standard InChI is InChI=1S/C13H15FO4/c1-13(2,7-11(15)16)12(17)9-6-8(14)4-5-10(9)18-3/h4-6H,7H2,1-3H3,(H,15,16). The minimum atomic E-state index is -1.12. The average molecular weight is 254 g/mol. The van der Waals surface area contributed by atoms with E-state index in [2.05, 4.69) is 0 Å². The molecule has 1 N–H and O–H groups in total. The maximum atomic E-state index is 13.2. The summed E-state index contributed by atoms with van der Waals surface area (Å²) in [4.78, 5) is 22.9. The molecular weight excluding hydrogens is 239 g/mol. The summed E-state index contributed by atoms with van der Waals surface area (Å²) in [6.45, 7) is 3.02. The predicted octanol–water partition coefficient (Wildman–Crippen LogP) is 2.52. The Morgan fingerprint density at radius 2 is 2.00 bits per heavy atom. The van der Waals surface area contributed by atoms with Gasteiger partial charge in [-0.25, -0.2) is 4.39 Å². The van der Waals surface area contributed by atoms with E-state index in [4.69, 9.17) is 9.84 Å². The number of ether oxygens (including phenoxy) is 1. The molecule has 0 aliphatic carbocycles. The predicted molar refractivity (Wildman–Crippen MR) is 63.3 cm³/mol. The van der Waals surface area contributed by atoms with Crippen molar-refractivity contribution in [3.8, 4) is 5.75 Å². The first-order valence-corrected chi connectivity index (χ1v) is 5.38. The second-order valence-electron chi connectivity index (χ2n) is 4.63. The van der Waals surface area contributed by atoms with E-state index < -0.39 is 23.0 Å². The summed E-state index contributed by atoms with van der Waals surface area (Å²) in [5, 5.41) is 8.77. The van der Waals surface area contributed by atoms with Crippen LogP contribution < -0.4 is 4.74 Å². The van der Waals surface area contributed by atoms with E-state index in [9.17, 15) is 14.0 Å². The second kappa shape index (κ2) is 5.16. The van der Waals surface area contributed by atoms with E-state index in [0.29, 0.717) is 0 Å². The first kappa shape index (κ1) is 14.2. The third-order valence-corrected chi connectivity index (χ3v) is 2.61. The molecule has 0 atom stereocenters. The van der Waals surface area contributed by atoms with Crippen molar-refractivity contribution in [3.63, 3.8) is 0 Å². The smallest absolute Gasteiger partial charge is 0.304 e. The summed E-state index contributed by atoms with van der Waals surface area (Å²) >= 11 is 0. The van der Waals surface area contributed by atoms with E-state index in [1.165, 1.54) is 33.1 Å². The van der Waals surface area contributed by atoms with Crippen molar-refractivity contribution in [1.29, 1.82) is 0 Å². The van der Waals surface area contributed by atoms with Crippen molar-refractivity contribution in [2.24, 2.45) is 5.41 Å². The van der Waals surface area contributed by atoms with Gasteiger partial charge in [-0.2, -0.15) is 0 Å². The summed E-state index contributed by atoms with van der Waals surface area (Å²) in [7, 11) is 1.37. The Morgan fingerprint density at radius 1 is 1.39 bits per heavy atom. The number of carbonyl (C=O) groups excluding carboxylic acids is 1. The average Bonchev–Trinajstić information content (AvgIpc) is 2.26. The normalized spacial score (nSPS) is 11.1. The van der Waals surface area contributed by atoms with E-state index >= 15 is 0 Å². The molecule has 0 heterocycles. The maximum Gasteiger partial charge on any atom is 0.304 e. The highest BCUT2D eigenvalue weighted by Gasteiger charge is 2.33. The van der Waals surface area contributed by atoms with Crippen LogP contribution in [-0.4, -0.2) is 24.0 Å². The van der Waals surface area contributed by atoms with Crippen molar-refractivity contribution in [1.82, 2.24) is 0 Å². The summed E-state index contributed by atoms with van der Waals surface area (Å²) in [5.41, 5.74) is -1.06. The molecule has 0 bridgehead atoms. The van der Waals surface area contributed by atoms with Crippen molar-refractivity contribution in [2.75, 3.05) is 7.11 Å². The molecule has 0 unspecified atom stereocenters. The molecule has 0 amide bonds. The topological polar surface area (TPSA) is 63.6 Å². The van der Waals surface area contributed by atoms with Crippen LogP contribution in [-0.2, 0) is 4.79 Å². The van der Waals surface area contributed by atoms with Gasteiger partial charge in [0.05, 0.1) is 19.1 Å². The molecule has 0 saturated carbocycles. The van der Waals surface area contributed by atoms with Crippen LogP contribution in [0.15, 0.2) is 18.2 Å². The summed E-state index contributed by atoms with van der Waals surface area (Å²) in [6, 6.07) is 3.59. The molecule has 1 rings (SSSR count). The fourth-order valence-electron chi connectivity index (χ4n) is 1.68. The van der Waals surface area contributed by atoms with Gasteiger partial charge < -0.3 is 9.84 Å². The quantitative estimate of drug-likeness (QED) is 0.820. The van der Waals surface area contributed by atoms with Gasteiger partial charge in [-0.15, -0.1) is 0 Å². The fourth-order valence-corrected chi connectivity index (χ4v) is 1.68. The lowest BCUT2D eigenvalue weighted by Gasteiger charge is -2.21. The molecule has 1 aromatic carbocycles. The Hall–Kier alpha value is -1.91. The number of carboxylic acid groups (broad SMARTS) is 1. The van der Waals surface area contributed by atoms with Crippen molar-refractivity contribution >= 4 is 11.8 Å². The van der Waals surface area contributed by atoms with Crippen LogP contribution in [0, 0.1) is 11.2 Å². The SMILES string of the molecule is COc1ccc(F)cc1C(=O)C(C)(C)CC(=O)O. The Morgan fingerprint density at radius 3 is 2.50 bits per heavy atom. The Balaban J connectivity index is 3.17. The monoisotopic (exact) mass is 254 g/mol. The first-order chi connectivity index (χ1) is 8.27. The number of aliphatic carboxylic acids is 1. The molecule has 0 aromatic heterocycles. The molecule has 0 aliphatic rings. The van der Waals surface area contributed by atoms with Crippen LogP contribution in [0.4, 0.5) is 4.39 Å². The molecule has 0 aliphatic heterocycles. The van der Waals surface area contributed by atoms with Crippen LogP contribution in [0.5, 0.6) is 5.75 Å². The number of halogens is 1. The summed E-state index contributed by atoms with van der Waals surface area (Å²) < 4.78 is 18.2. The third-order valence-electron chi connectivity index (χ3n) is 2.61. The lowest BCUT2D eigenvalue weighted by molar-refractivity contribution is -0.138. The van der Waals surface area contributed by atoms with Gasteiger partial charge >= 0.3 is 5.97 Å². The Labute approximate surface area is 104 Å². The Bertz CT molecular complexity index is 480. The Kier molecular flexibility index (Phi) is 4.06.